The number of aromatic nitrogens is 2. The first kappa shape index (κ1) is 12.7. The number of ether oxygens (including phenoxy) is 1. The largest absolute Gasteiger partial charge is 0.394 e. The summed E-state index contributed by atoms with van der Waals surface area (Å²) in [5.41, 5.74) is 4.45. The van der Waals surface area contributed by atoms with Gasteiger partial charge in [-0.3, -0.25) is 4.57 Å². The van der Waals surface area contributed by atoms with E-state index in [0.29, 0.717) is 0 Å². The van der Waals surface area contributed by atoms with Gasteiger partial charge in [0.25, 0.3) is 0 Å². The van der Waals surface area contributed by atoms with Crippen LogP contribution in [0.3, 0.4) is 0 Å². The number of nitrogen functional groups attached to an aromatic ring is 1. The van der Waals surface area contributed by atoms with Gasteiger partial charge in [0.05, 0.1) is 12.9 Å². The van der Waals surface area contributed by atoms with Gasteiger partial charge >= 0.3 is 5.69 Å². The average molecular weight is 257 g/mol. The maximum atomic E-state index is 12.8. The smallest absolute Gasteiger partial charge is 0.351 e. The summed E-state index contributed by atoms with van der Waals surface area (Å²) in [6, 6.07) is 1.35. The molecule has 7 nitrogen and oxygen atoms in total. The molecular formula is C10H12FN3O4. The standard InChI is InChI=1S/C10H12FN3O4/c11-3-5-8(16)6(4-15)18-9(5)14-2-1-7(12)13-10(14)17/h1-3,6,8-9,15-16H,4H2,(H2,12,13,17)/t6-,8+,9+/m1/s1. The summed E-state index contributed by atoms with van der Waals surface area (Å²) in [4.78, 5) is 15.1. The molecule has 4 N–H and O–H groups in total. The molecule has 0 spiro atoms. The van der Waals surface area contributed by atoms with Gasteiger partial charge in [0.1, 0.15) is 18.0 Å². The van der Waals surface area contributed by atoms with Crippen molar-refractivity contribution in [1.82, 2.24) is 9.55 Å². The third-order valence-corrected chi connectivity index (χ3v) is 2.69. The molecule has 18 heavy (non-hydrogen) atoms. The molecule has 1 aliphatic rings. The highest BCUT2D eigenvalue weighted by Crippen LogP contribution is 2.33. The van der Waals surface area contributed by atoms with Crippen LogP contribution in [0.1, 0.15) is 6.23 Å². The number of hydrogen-bond donors (Lipinski definition) is 3. The monoisotopic (exact) mass is 257 g/mol. The highest BCUT2D eigenvalue weighted by molar-refractivity contribution is 5.25. The van der Waals surface area contributed by atoms with Crippen LogP contribution in [0.4, 0.5) is 10.2 Å². The number of halogens is 1. The van der Waals surface area contributed by atoms with E-state index in [1.807, 2.05) is 0 Å². The van der Waals surface area contributed by atoms with Crippen molar-refractivity contribution < 1.29 is 19.3 Å². The van der Waals surface area contributed by atoms with Crippen molar-refractivity contribution >= 4 is 5.82 Å². The van der Waals surface area contributed by atoms with Gasteiger partial charge < -0.3 is 20.7 Å². The van der Waals surface area contributed by atoms with Crippen molar-refractivity contribution in [2.75, 3.05) is 12.3 Å². The van der Waals surface area contributed by atoms with Crippen molar-refractivity contribution in [1.29, 1.82) is 0 Å². The molecule has 0 amide bonds. The Bertz CT molecular complexity index is 530. The van der Waals surface area contributed by atoms with E-state index in [2.05, 4.69) is 4.98 Å². The predicted molar refractivity (Wildman–Crippen MR) is 59.1 cm³/mol. The Morgan fingerprint density at radius 2 is 2.39 bits per heavy atom. The summed E-state index contributed by atoms with van der Waals surface area (Å²) in [6.45, 7) is -0.494. The number of hydrogen-bond acceptors (Lipinski definition) is 6. The van der Waals surface area contributed by atoms with Crippen molar-refractivity contribution in [2.24, 2.45) is 0 Å². The first-order valence-electron chi connectivity index (χ1n) is 5.17. The zero-order chi connectivity index (χ0) is 13.3. The van der Waals surface area contributed by atoms with Crippen LogP contribution in [-0.2, 0) is 4.74 Å². The lowest BCUT2D eigenvalue weighted by Gasteiger charge is -2.14. The van der Waals surface area contributed by atoms with Gasteiger partial charge in [-0.25, -0.2) is 9.18 Å². The van der Waals surface area contributed by atoms with Gasteiger partial charge in [0.2, 0.25) is 0 Å². The second kappa shape index (κ2) is 4.84. The van der Waals surface area contributed by atoms with Crippen LogP contribution in [0.5, 0.6) is 0 Å². The van der Waals surface area contributed by atoms with E-state index in [0.717, 1.165) is 4.57 Å². The lowest BCUT2D eigenvalue weighted by atomic mass is 10.1. The average Bonchev–Trinajstić information content (AvgIpc) is 2.65. The fraction of sp³-hybridized carbons (Fsp3) is 0.400. The van der Waals surface area contributed by atoms with E-state index in [1.165, 1.54) is 12.3 Å². The fourth-order valence-corrected chi connectivity index (χ4v) is 1.77. The number of anilines is 1. The van der Waals surface area contributed by atoms with Crippen LogP contribution in [0, 0.1) is 0 Å². The van der Waals surface area contributed by atoms with Crippen LogP contribution in [0.25, 0.3) is 0 Å². The minimum Gasteiger partial charge on any atom is -0.394 e. The number of rotatable bonds is 2. The van der Waals surface area contributed by atoms with Crippen LogP contribution in [-0.4, -0.2) is 38.6 Å². The topological polar surface area (TPSA) is 111 Å². The molecule has 8 heteroatoms. The van der Waals surface area contributed by atoms with Gasteiger partial charge in [0.15, 0.2) is 6.23 Å². The van der Waals surface area contributed by atoms with Crippen molar-refractivity contribution in [3.05, 3.63) is 34.7 Å². The fourth-order valence-electron chi connectivity index (χ4n) is 1.77. The van der Waals surface area contributed by atoms with E-state index in [9.17, 15) is 14.3 Å². The molecule has 0 aromatic carbocycles. The van der Waals surface area contributed by atoms with E-state index in [1.54, 1.807) is 0 Å². The molecule has 0 unspecified atom stereocenters. The number of nitrogens with zero attached hydrogens (tertiary/aromatic N) is 2. The van der Waals surface area contributed by atoms with Gasteiger partial charge in [-0.2, -0.15) is 4.98 Å². The Kier molecular flexibility index (Phi) is 3.41. The molecule has 0 bridgehead atoms. The molecule has 2 heterocycles. The Labute approximate surface area is 101 Å². The summed E-state index contributed by atoms with van der Waals surface area (Å²) < 4.78 is 19.0. The lowest BCUT2D eigenvalue weighted by molar-refractivity contribution is -0.0447. The van der Waals surface area contributed by atoms with E-state index >= 15 is 0 Å². The molecule has 1 saturated heterocycles. The van der Waals surface area contributed by atoms with Crippen molar-refractivity contribution in [3.8, 4) is 0 Å². The molecule has 1 aromatic rings. The first-order chi connectivity index (χ1) is 8.58. The van der Waals surface area contributed by atoms with E-state index < -0.39 is 30.7 Å². The number of aliphatic hydroxyl groups excluding tert-OH is 2. The van der Waals surface area contributed by atoms with Crippen molar-refractivity contribution in [3.63, 3.8) is 0 Å². The molecule has 1 aromatic heterocycles. The van der Waals surface area contributed by atoms with Gasteiger partial charge in [-0.1, -0.05) is 0 Å². The minimum atomic E-state index is -1.31. The molecule has 3 atom stereocenters. The summed E-state index contributed by atoms with van der Waals surface area (Å²) >= 11 is 0. The SMILES string of the molecule is Nc1ccn([C@H]2O[C@H](CO)[C@@H](O)C2=CF)c(=O)n1. The summed E-state index contributed by atoms with van der Waals surface area (Å²) in [7, 11) is 0. The second-order valence-corrected chi connectivity index (χ2v) is 3.81. The molecule has 1 fully saturated rings. The maximum absolute atomic E-state index is 12.8. The normalized spacial score (nSPS) is 29.9. The zero-order valence-corrected chi connectivity index (χ0v) is 9.23. The minimum absolute atomic E-state index is 0.0271. The Morgan fingerprint density at radius 3 is 2.94 bits per heavy atom. The molecule has 1 aliphatic heterocycles. The second-order valence-electron chi connectivity index (χ2n) is 3.81. The van der Waals surface area contributed by atoms with Gasteiger partial charge in [-0.05, 0) is 6.07 Å². The predicted octanol–water partition coefficient (Wildman–Crippen LogP) is -1.07. The Balaban J connectivity index is 2.41. The third-order valence-electron chi connectivity index (χ3n) is 2.69. The molecule has 2 rings (SSSR count). The van der Waals surface area contributed by atoms with Gasteiger partial charge in [-0.15, -0.1) is 0 Å². The van der Waals surface area contributed by atoms with Crippen LogP contribution in [0.15, 0.2) is 29.0 Å². The molecule has 0 saturated carbocycles. The highest BCUT2D eigenvalue weighted by atomic mass is 19.1. The van der Waals surface area contributed by atoms with E-state index in [4.69, 9.17) is 15.6 Å². The molecule has 0 aliphatic carbocycles. The number of aliphatic hydroxyl groups is 2. The third kappa shape index (κ3) is 2.01. The first-order valence-corrected chi connectivity index (χ1v) is 5.17. The Morgan fingerprint density at radius 1 is 1.67 bits per heavy atom. The lowest BCUT2D eigenvalue weighted by Crippen LogP contribution is -2.28. The quantitative estimate of drug-likeness (QED) is 0.622. The highest BCUT2D eigenvalue weighted by Gasteiger charge is 2.40. The Hall–Kier alpha value is -1.77. The van der Waals surface area contributed by atoms with Crippen LogP contribution in [0.2, 0.25) is 0 Å². The van der Waals surface area contributed by atoms with Crippen molar-refractivity contribution in [2.45, 2.75) is 18.4 Å². The summed E-state index contributed by atoms with van der Waals surface area (Å²) in [5.74, 6) is 0.0271. The maximum Gasteiger partial charge on any atom is 0.351 e. The number of nitrogens with two attached hydrogens (primary N) is 1. The van der Waals surface area contributed by atoms with Gasteiger partial charge in [0, 0.05) is 11.8 Å². The molecule has 98 valence electrons. The van der Waals surface area contributed by atoms with E-state index in [-0.39, 0.29) is 17.7 Å². The summed E-state index contributed by atoms with van der Waals surface area (Å²) in [6.07, 6.45) is -1.99. The summed E-state index contributed by atoms with van der Waals surface area (Å²) in [5, 5.41) is 18.6. The zero-order valence-electron chi connectivity index (χ0n) is 9.23. The molecular weight excluding hydrogens is 245 g/mol. The van der Waals surface area contributed by atoms with Crippen LogP contribution >= 0.6 is 0 Å². The molecule has 0 radical (unpaired) electrons. The van der Waals surface area contributed by atoms with Crippen LogP contribution < -0.4 is 11.4 Å².